The Bertz CT molecular complexity index is 639. The summed E-state index contributed by atoms with van der Waals surface area (Å²) in [6.45, 7) is 3.70. The fourth-order valence-electron chi connectivity index (χ4n) is 2.62. The Morgan fingerprint density at radius 2 is 2.05 bits per heavy atom. The molecule has 2 rings (SSSR count). The summed E-state index contributed by atoms with van der Waals surface area (Å²) < 4.78 is 5.14. The van der Waals surface area contributed by atoms with Gasteiger partial charge in [-0.3, -0.25) is 0 Å². The van der Waals surface area contributed by atoms with Crippen LogP contribution >= 0.6 is 0 Å². The molecule has 6 heteroatoms. The lowest BCUT2D eigenvalue weighted by Crippen LogP contribution is -2.47. The third-order valence-corrected chi connectivity index (χ3v) is 3.82. The number of likely N-dealkylation sites (N-methyl/N-ethyl adjacent to an activating group) is 1. The molecule has 1 aliphatic heterocycles. The van der Waals surface area contributed by atoms with Crippen LogP contribution in [0.1, 0.15) is 25.5 Å². The molecule has 0 saturated carbocycles. The van der Waals surface area contributed by atoms with Crippen molar-refractivity contribution in [2.45, 2.75) is 19.9 Å². The summed E-state index contributed by atoms with van der Waals surface area (Å²) in [6.07, 6.45) is 0. The number of esters is 1. The highest BCUT2D eigenvalue weighted by molar-refractivity contribution is 5.94. The number of phenols is 1. The first-order valence-corrected chi connectivity index (χ1v) is 7.05. The molecule has 0 aliphatic carbocycles. The maximum absolute atomic E-state index is 12.4. The van der Waals surface area contributed by atoms with Crippen molar-refractivity contribution in [3.8, 4) is 5.75 Å². The van der Waals surface area contributed by atoms with Gasteiger partial charge in [0, 0.05) is 19.8 Å². The van der Waals surface area contributed by atoms with Gasteiger partial charge in [0.2, 0.25) is 0 Å². The summed E-state index contributed by atoms with van der Waals surface area (Å²) in [7, 11) is 3.24. The van der Waals surface area contributed by atoms with Crippen LogP contribution < -0.4 is 0 Å². The lowest BCUT2D eigenvalue weighted by Gasteiger charge is -2.39. The predicted molar refractivity (Wildman–Crippen MR) is 81.1 cm³/mol. The topological polar surface area (TPSA) is 70.1 Å². The van der Waals surface area contributed by atoms with Gasteiger partial charge in [-0.05, 0) is 31.5 Å². The number of ether oxygens (including phenoxy) is 1. The van der Waals surface area contributed by atoms with E-state index in [1.165, 1.54) is 9.80 Å². The van der Waals surface area contributed by atoms with E-state index in [1.54, 1.807) is 52.2 Å². The van der Waals surface area contributed by atoms with E-state index in [0.717, 1.165) is 0 Å². The van der Waals surface area contributed by atoms with Crippen LogP contribution in [-0.4, -0.2) is 47.6 Å². The maximum Gasteiger partial charge on any atom is 0.338 e. The molecule has 6 nitrogen and oxygen atoms in total. The van der Waals surface area contributed by atoms with Gasteiger partial charge in [0.1, 0.15) is 5.75 Å². The molecule has 1 aromatic rings. The molecule has 0 radical (unpaired) electrons. The van der Waals surface area contributed by atoms with E-state index in [4.69, 9.17) is 4.74 Å². The Kier molecular flexibility index (Phi) is 4.40. The highest BCUT2D eigenvalue weighted by atomic mass is 16.5. The minimum atomic E-state index is -0.588. The summed E-state index contributed by atoms with van der Waals surface area (Å²) in [5, 5.41) is 9.70. The van der Waals surface area contributed by atoms with Crippen LogP contribution in [0.2, 0.25) is 0 Å². The van der Waals surface area contributed by atoms with Gasteiger partial charge in [-0.2, -0.15) is 0 Å². The highest BCUT2D eigenvalue weighted by Gasteiger charge is 2.39. The number of aromatic hydroxyl groups is 1. The first kappa shape index (κ1) is 15.9. The van der Waals surface area contributed by atoms with Crippen LogP contribution in [0.5, 0.6) is 5.75 Å². The van der Waals surface area contributed by atoms with Crippen LogP contribution in [0.15, 0.2) is 35.5 Å². The molecule has 0 bridgehead atoms. The molecule has 22 heavy (non-hydrogen) atoms. The normalized spacial score (nSPS) is 18.7. The number of hydrogen-bond donors (Lipinski definition) is 1. The third kappa shape index (κ3) is 2.64. The molecule has 2 amide bonds. The van der Waals surface area contributed by atoms with E-state index in [2.05, 4.69) is 0 Å². The smallest absolute Gasteiger partial charge is 0.338 e. The third-order valence-electron chi connectivity index (χ3n) is 3.82. The van der Waals surface area contributed by atoms with Gasteiger partial charge in [0.25, 0.3) is 0 Å². The van der Waals surface area contributed by atoms with Gasteiger partial charge in [-0.15, -0.1) is 0 Å². The highest BCUT2D eigenvalue weighted by Crippen LogP contribution is 2.36. The summed E-state index contributed by atoms with van der Waals surface area (Å²) in [4.78, 5) is 27.6. The Hall–Kier alpha value is -2.50. The van der Waals surface area contributed by atoms with E-state index in [9.17, 15) is 14.7 Å². The van der Waals surface area contributed by atoms with E-state index in [-0.39, 0.29) is 18.4 Å². The van der Waals surface area contributed by atoms with E-state index in [1.807, 2.05) is 0 Å². The van der Waals surface area contributed by atoms with Gasteiger partial charge in [-0.1, -0.05) is 12.1 Å². The van der Waals surface area contributed by atoms with Gasteiger partial charge in [-0.25, -0.2) is 9.59 Å². The number of carbonyl (C=O) groups excluding carboxylic acids is 2. The van der Waals surface area contributed by atoms with Crippen molar-refractivity contribution < 1.29 is 19.4 Å². The number of rotatable bonds is 3. The number of nitrogens with zero attached hydrogens (tertiary/aromatic N) is 2. The largest absolute Gasteiger partial charge is 0.508 e. The quantitative estimate of drug-likeness (QED) is 0.870. The van der Waals surface area contributed by atoms with Crippen LogP contribution in [-0.2, 0) is 9.53 Å². The molecule has 0 aromatic heterocycles. The predicted octanol–water partition coefficient (Wildman–Crippen LogP) is 2.27. The second-order valence-electron chi connectivity index (χ2n) is 5.17. The van der Waals surface area contributed by atoms with Crippen molar-refractivity contribution in [2.75, 3.05) is 20.7 Å². The average Bonchev–Trinajstić information content (AvgIpc) is 2.48. The van der Waals surface area contributed by atoms with Crippen LogP contribution in [0.4, 0.5) is 4.79 Å². The summed E-state index contributed by atoms with van der Waals surface area (Å²) in [5.41, 5.74) is 1.61. The molecule has 1 unspecified atom stereocenters. The first-order valence-electron chi connectivity index (χ1n) is 7.05. The minimum absolute atomic E-state index is 0.0816. The average molecular weight is 304 g/mol. The van der Waals surface area contributed by atoms with Crippen molar-refractivity contribution in [3.63, 3.8) is 0 Å². The molecule has 0 saturated heterocycles. The molecule has 118 valence electrons. The summed E-state index contributed by atoms with van der Waals surface area (Å²) >= 11 is 0. The monoisotopic (exact) mass is 304 g/mol. The number of amides is 2. The molecule has 1 aromatic carbocycles. The maximum atomic E-state index is 12.4. The lowest BCUT2D eigenvalue weighted by atomic mass is 9.93. The van der Waals surface area contributed by atoms with Crippen LogP contribution in [0.25, 0.3) is 0 Å². The van der Waals surface area contributed by atoms with E-state index < -0.39 is 12.0 Å². The number of benzene rings is 1. The summed E-state index contributed by atoms with van der Waals surface area (Å²) in [6, 6.07) is 5.73. The Balaban J connectivity index is 2.60. The lowest BCUT2D eigenvalue weighted by molar-refractivity contribution is -0.139. The molecule has 0 fully saturated rings. The van der Waals surface area contributed by atoms with Crippen LogP contribution in [0, 0.1) is 0 Å². The number of hydrogen-bond acceptors (Lipinski definition) is 4. The fraction of sp³-hybridized carbons (Fsp3) is 0.375. The molecular formula is C16H20N2O4. The number of carbonyl (C=O) groups is 2. The summed E-state index contributed by atoms with van der Waals surface area (Å²) in [5.74, 6) is -0.377. The molecule has 1 heterocycles. The second-order valence-corrected chi connectivity index (χ2v) is 5.17. The SMILES string of the molecule is CCOC(=O)C1=C(C)N(C)C(=O)N(C)C1c1cccc(O)c1. The molecule has 0 spiro atoms. The molecular weight excluding hydrogens is 284 g/mol. The van der Waals surface area contributed by atoms with Gasteiger partial charge in [0.15, 0.2) is 0 Å². The van der Waals surface area contributed by atoms with Crippen molar-refractivity contribution in [1.82, 2.24) is 9.80 Å². The number of phenolic OH excluding ortho intramolecular Hbond substituents is 1. The second kappa shape index (κ2) is 6.09. The standard InChI is InChI=1S/C16H20N2O4/c1-5-22-15(20)13-10(2)17(3)16(21)18(4)14(13)11-7-6-8-12(19)9-11/h6-9,14,19H,5H2,1-4H3. The number of allylic oxidation sites excluding steroid dienone is 1. The van der Waals surface area contributed by atoms with Crippen molar-refractivity contribution in [2.24, 2.45) is 0 Å². The van der Waals surface area contributed by atoms with Crippen molar-refractivity contribution in [1.29, 1.82) is 0 Å². The Morgan fingerprint density at radius 3 is 2.64 bits per heavy atom. The molecule has 1 aliphatic rings. The van der Waals surface area contributed by atoms with Crippen molar-refractivity contribution in [3.05, 3.63) is 41.1 Å². The number of urea groups is 1. The Morgan fingerprint density at radius 1 is 1.36 bits per heavy atom. The van der Waals surface area contributed by atoms with Gasteiger partial charge < -0.3 is 19.6 Å². The molecule has 1 atom stereocenters. The zero-order valence-electron chi connectivity index (χ0n) is 13.2. The fourth-order valence-corrected chi connectivity index (χ4v) is 2.62. The molecule has 1 N–H and O–H groups in total. The van der Waals surface area contributed by atoms with Crippen LogP contribution in [0.3, 0.4) is 0 Å². The van der Waals surface area contributed by atoms with E-state index >= 15 is 0 Å². The Labute approximate surface area is 129 Å². The van der Waals surface area contributed by atoms with E-state index in [0.29, 0.717) is 16.8 Å². The van der Waals surface area contributed by atoms with Crippen molar-refractivity contribution >= 4 is 12.0 Å². The van der Waals surface area contributed by atoms with Gasteiger partial charge in [0.05, 0.1) is 18.2 Å². The first-order chi connectivity index (χ1) is 10.4. The minimum Gasteiger partial charge on any atom is -0.508 e. The zero-order chi connectivity index (χ0) is 16.4. The van der Waals surface area contributed by atoms with Gasteiger partial charge >= 0.3 is 12.0 Å². The zero-order valence-corrected chi connectivity index (χ0v) is 13.2.